The average Bonchev–Trinajstić information content (AvgIpc) is 2.88. The Kier molecular flexibility index (Phi) is 3.92. The summed E-state index contributed by atoms with van der Waals surface area (Å²) in [5.74, 6) is 0. The fourth-order valence-corrected chi connectivity index (χ4v) is 3.37. The summed E-state index contributed by atoms with van der Waals surface area (Å²) in [4.78, 5) is 7.15. The molecule has 1 aliphatic rings. The standard InChI is InChI=1S/C15H19N3S/c16-13-7-4-8-18(9-13)10-14-11-19-15(17-14)12-5-2-1-3-6-12/h1-3,5-6,11,13H,4,7-10,16H2. The van der Waals surface area contributed by atoms with E-state index in [9.17, 15) is 0 Å². The second-order valence-electron chi connectivity index (χ2n) is 5.15. The van der Waals surface area contributed by atoms with Gasteiger partial charge in [0.05, 0.1) is 5.69 Å². The van der Waals surface area contributed by atoms with Crippen molar-refractivity contribution < 1.29 is 0 Å². The molecule has 0 saturated carbocycles. The molecule has 2 heterocycles. The zero-order chi connectivity index (χ0) is 13.1. The molecule has 0 spiro atoms. The van der Waals surface area contributed by atoms with Gasteiger partial charge in [-0.05, 0) is 19.4 Å². The minimum atomic E-state index is 0.334. The highest BCUT2D eigenvalue weighted by Gasteiger charge is 2.17. The Morgan fingerprint density at radius 1 is 1.32 bits per heavy atom. The molecule has 3 nitrogen and oxygen atoms in total. The molecule has 1 saturated heterocycles. The summed E-state index contributed by atoms with van der Waals surface area (Å²) < 4.78 is 0. The van der Waals surface area contributed by atoms with Crippen LogP contribution in [0.1, 0.15) is 18.5 Å². The number of hydrogen-bond acceptors (Lipinski definition) is 4. The topological polar surface area (TPSA) is 42.1 Å². The largest absolute Gasteiger partial charge is 0.327 e. The first-order valence-electron chi connectivity index (χ1n) is 6.79. The first kappa shape index (κ1) is 12.8. The summed E-state index contributed by atoms with van der Waals surface area (Å²) in [7, 11) is 0. The number of nitrogens with zero attached hydrogens (tertiary/aromatic N) is 2. The van der Waals surface area contributed by atoms with E-state index in [1.54, 1.807) is 11.3 Å². The Bertz CT molecular complexity index is 523. The lowest BCUT2D eigenvalue weighted by Crippen LogP contribution is -2.42. The molecule has 2 N–H and O–H groups in total. The number of thiazole rings is 1. The van der Waals surface area contributed by atoms with Crippen LogP contribution >= 0.6 is 11.3 Å². The minimum absolute atomic E-state index is 0.334. The third-order valence-corrected chi connectivity index (χ3v) is 4.44. The van der Waals surface area contributed by atoms with E-state index in [0.717, 1.165) is 36.8 Å². The van der Waals surface area contributed by atoms with Gasteiger partial charge in [0.2, 0.25) is 0 Å². The monoisotopic (exact) mass is 273 g/mol. The van der Waals surface area contributed by atoms with Crippen molar-refractivity contribution in [1.29, 1.82) is 0 Å². The van der Waals surface area contributed by atoms with Gasteiger partial charge in [0, 0.05) is 30.1 Å². The Morgan fingerprint density at radius 2 is 2.16 bits per heavy atom. The van der Waals surface area contributed by atoms with Crippen molar-refractivity contribution in [3.8, 4) is 10.6 Å². The van der Waals surface area contributed by atoms with Crippen molar-refractivity contribution in [3.63, 3.8) is 0 Å². The lowest BCUT2D eigenvalue weighted by Gasteiger charge is -2.29. The molecule has 19 heavy (non-hydrogen) atoms. The fraction of sp³-hybridized carbons (Fsp3) is 0.400. The Hall–Kier alpha value is -1.23. The highest BCUT2D eigenvalue weighted by Crippen LogP contribution is 2.24. The van der Waals surface area contributed by atoms with Crippen LogP contribution in [0.2, 0.25) is 0 Å². The molecule has 1 aliphatic heterocycles. The first-order valence-corrected chi connectivity index (χ1v) is 7.67. The van der Waals surface area contributed by atoms with Gasteiger partial charge >= 0.3 is 0 Å². The number of hydrogen-bond donors (Lipinski definition) is 1. The van der Waals surface area contributed by atoms with E-state index < -0.39 is 0 Å². The van der Waals surface area contributed by atoms with Crippen molar-refractivity contribution in [2.24, 2.45) is 5.73 Å². The van der Waals surface area contributed by atoms with Gasteiger partial charge in [0.15, 0.2) is 0 Å². The van der Waals surface area contributed by atoms with E-state index in [2.05, 4.69) is 34.5 Å². The molecule has 1 aromatic heterocycles. The highest BCUT2D eigenvalue weighted by atomic mass is 32.1. The molecule has 1 unspecified atom stereocenters. The van der Waals surface area contributed by atoms with Crippen LogP contribution in [0, 0.1) is 0 Å². The van der Waals surface area contributed by atoms with E-state index in [1.165, 1.54) is 12.0 Å². The second kappa shape index (κ2) is 5.82. The van der Waals surface area contributed by atoms with Crippen LogP contribution in [0.25, 0.3) is 10.6 Å². The fourth-order valence-electron chi connectivity index (χ4n) is 2.56. The maximum absolute atomic E-state index is 6.02. The summed E-state index contributed by atoms with van der Waals surface area (Å²) in [6.45, 7) is 3.07. The summed E-state index contributed by atoms with van der Waals surface area (Å²) in [5.41, 5.74) is 8.38. The number of likely N-dealkylation sites (tertiary alicyclic amines) is 1. The van der Waals surface area contributed by atoms with E-state index in [4.69, 9.17) is 10.7 Å². The summed E-state index contributed by atoms with van der Waals surface area (Å²) in [6.07, 6.45) is 2.36. The van der Waals surface area contributed by atoms with Crippen LogP contribution in [-0.4, -0.2) is 29.0 Å². The summed E-state index contributed by atoms with van der Waals surface area (Å²) >= 11 is 1.72. The zero-order valence-corrected chi connectivity index (χ0v) is 11.8. The van der Waals surface area contributed by atoms with Crippen LogP contribution in [0.4, 0.5) is 0 Å². The third-order valence-electron chi connectivity index (χ3n) is 3.50. The third kappa shape index (κ3) is 3.21. The van der Waals surface area contributed by atoms with Gasteiger partial charge in [0.25, 0.3) is 0 Å². The van der Waals surface area contributed by atoms with E-state index in [-0.39, 0.29) is 0 Å². The van der Waals surface area contributed by atoms with Crippen molar-refractivity contribution in [2.75, 3.05) is 13.1 Å². The predicted molar refractivity (Wildman–Crippen MR) is 80.0 cm³/mol. The van der Waals surface area contributed by atoms with Gasteiger partial charge in [-0.3, -0.25) is 4.90 Å². The normalized spacial score (nSPS) is 20.6. The van der Waals surface area contributed by atoms with E-state index >= 15 is 0 Å². The molecule has 1 atom stereocenters. The van der Waals surface area contributed by atoms with Gasteiger partial charge in [0.1, 0.15) is 5.01 Å². The minimum Gasteiger partial charge on any atom is -0.327 e. The van der Waals surface area contributed by atoms with Gasteiger partial charge in [-0.15, -0.1) is 11.3 Å². The summed E-state index contributed by atoms with van der Waals surface area (Å²) in [6, 6.07) is 10.7. The first-order chi connectivity index (χ1) is 9.31. The molecule has 1 fully saturated rings. The van der Waals surface area contributed by atoms with Crippen LogP contribution in [0.3, 0.4) is 0 Å². The van der Waals surface area contributed by atoms with Crippen LogP contribution in [-0.2, 0) is 6.54 Å². The lowest BCUT2D eigenvalue weighted by atomic mass is 10.1. The lowest BCUT2D eigenvalue weighted by molar-refractivity contribution is 0.200. The van der Waals surface area contributed by atoms with Crippen LogP contribution in [0.15, 0.2) is 35.7 Å². The molecular weight excluding hydrogens is 254 g/mol. The van der Waals surface area contributed by atoms with E-state index in [1.807, 2.05) is 6.07 Å². The van der Waals surface area contributed by atoms with Gasteiger partial charge < -0.3 is 5.73 Å². The smallest absolute Gasteiger partial charge is 0.123 e. The van der Waals surface area contributed by atoms with Crippen molar-refractivity contribution in [1.82, 2.24) is 9.88 Å². The predicted octanol–water partition coefficient (Wildman–Crippen LogP) is 2.73. The van der Waals surface area contributed by atoms with Gasteiger partial charge in [-0.25, -0.2) is 4.98 Å². The molecule has 0 amide bonds. The molecule has 0 radical (unpaired) electrons. The van der Waals surface area contributed by atoms with Gasteiger partial charge in [-0.2, -0.15) is 0 Å². The molecule has 2 aromatic rings. The Balaban J connectivity index is 1.68. The van der Waals surface area contributed by atoms with Crippen molar-refractivity contribution >= 4 is 11.3 Å². The van der Waals surface area contributed by atoms with Crippen LogP contribution < -0.4 is 5.73 Å². The second-order valence-corrected chi connectivity index (χ2v) is 6.01. The SMILES string of the molecule is NC1CCCN(Cc2csc(-c3ccccc3)n2)C1. The van der Waals surface area contributed by atoms with Gasteiger partial charge in [-0.1, -0.05) is 30.3 Å². The van der Waals surface area contributed by atoms with Crippen molar-refractivity contribution in [2.45, 2.75) is 25.4 Å². The highest BCUT2D eigenvalue weighted by molar-refractivity contribution is 7.13. The zero-order valence-electron chi connectivity index (χ0n) is 11.0. The average molecular weight is 273 g/mol. The van der Waals surface area contributed by atoms with Crippen molar-refractivity contribution in [3.05, 3.63) is 41.4 Å². The molecule has 0 bridgehead atoms. The number of benzene rings is 1. The molecule has 3 rings (SSSR count). The molecule has 1 aromatic carbocycles. The molecular formula is C15H19N3S. The quantitative estimate of drug-likeness (QED) is 0.935. The molecule has 4 heteroatoms. The number of rotatable bonds is 3. The Labute approximate surface area is 118 Å². The maximum Gasteiger partial charge on any atom is 0.123 e. The maximum atomic E-state index is 6.02. The van der Waals surface area contributed by atoms with E-state index in [0.29, 0.717) is 6.04 Å². The van der Waals surface area contributed by atoms with Crippen LogP contribution in [0.5, 0.6) is 0 Å². The molecule has 100 valence electrons. The Morgan fingerprint density at radius 3 is 2.95 bits per heavy atom. The summed E-state index contributed by atoms with van der Waals surface area (Å²) in [5, 5.41) is 3.28. The molecule has 0 aliphatic carbocycles. The number of piperidine rings is 1. The number of nitrogens with two attached hydrogens (primary N) is 1. The number of aromatic nitrogens is 1.